The Morgan fingerprint density at radius 1 is 0.923 bits per heavy atom. The van der Waals surface area contributed by atoms with Gasteiger partial charge in [0.05, 0.1) is 6.54 Å². The predicted molar refractivity (Wildman–Crippen MR) is 109 cm³/mol. The van der Waals surface area contributed by atoms with E-state index in [2.05, 4.69) is 27.1 Å². The smallest absolute Gasteiger partial charge is 0.151 e. The van der Waals surface area contributed by atoms with Crippen molar-refractivity contribution in [2.75, 3.05) is 6.54 Å². The Labute approximate surface area is 158 Å². The number of benzene rings is 1. The van der Waals surface area contributed by atoms with Crippen molar-refractivity contribution in [1.29, 1.82) is 0 Å². The average molecular weight is 361 g/mol. The van der Waals surface area contributed by atoms with Gasteiger partial charge in [-0.15, -0.1) is 0 Å². The van der Waals surface area contributed by atoms with E-state index in [1.165, 1.54) is 11.8 Å². The Hall–Kier alpha value is -3.05. The van der Waals surface area contributed by atoms with E-state index < -0.39 is 0 Å². The van der Waals surface area contributed by atoms with Crippen LogP contribution in [-0.2, 0) is 6.42 Å². The Morgan fingerprint density at radius 2 is 1.58 bits per heavy atom. The first-order valence-electron chi connectivity index (χ1n) is 8.08. The lowest BCUT2D eigenvalue weighted by atomic mass is 10.1. The predicted octanol–water partition coefficient (Wildman–Crippen LogP) is 4.01. The van der Waals surface area contributed by atoms with Crippen LogP contribution in [-0.4, -0.2) is 33.9 Å². The molecule has 0 saturated carbocycles. The van der Waals surface area contributed by atoms with Crippen LogP contribution in [0, 0.1) is 0 Å². The van der Waals surface area contributed by atoms with Crippen molar-refractivity contribution in [1.82, 2.24) is 9.97 Å². The highest BCUT2D eigenvalue weighted by Crippen LogP contribution is 2.01. The fraction of sp³-hybridized carbons (Fsp3) is 0.0952. The van der Waals surface area contributed by atoms with Crippen molar-refractivity contribution >= 4 is 29.6 Å². The molecule has 0 N–H and O–H groups in total. The van der Waals surface area contributed by atoms with Gasteiger partial charge in [-0.05, 0) is 23.8 Å². The Bertz CT molecular complexity index is 822. The molecule has 3 aromatic rings. The SMILES string of the molecule is O=Cc1cccnc1.S=C(CN=Cc1cccnc1)Cc1ccccc1. The minimum Gasteiger partial charge on any atom is -0.298 e. The van der Waals surface area contributed by atoms with Crippen molar-refractivity contribution in [2.24, 2.45) is 4.99 Å². The van der Waals surface area contributed by atoms with Gasteiger partial charge in [-0.2, -0.15) is 0 Å². The third kappa shape index (κ3) is 7.68. The molecular formula is C21H19N3OS. The van der Waals surface area contributed by atoms with Crippen LogP contribution in [0.2, 0.25) is 0 Å². The maximum Gasteiger partial charge on any atom is 0.151 e. The number of aliphatic imine (C=N–C) groups is 1. The maximum absolute atomic E-state index is 9.97. The molecule has 0 aliphatic carbocycles. The molecule has 5 heteroatoms. The standard InChI is InChI=1S/C15H14N2S.C6H5NO/c18-15(9-13-5-2-1-3-6-13)12-17-11-14-7-4-8-16-10-14;8-5-6-2-1-3-7-4-6/h1-8,10-11H,9,12H2;1-5H. The van der Waals surface area contributed by atoms with Gasteiger partial charge in [-0.3, -0.25) is 19.8 Å². The van der Waals surface area contributed by atoms with Gasteiger partial charge in [0.25, 0.3) is 0 Å². The minimum atomic E-state index is 0.582. The van der Waals surface area contributed by atoms with Crippen molar-refractivity contribution in [3.63, 3.8) is 0 Å². The molecule has 0 aliphatic heterocycles. The molecule has 0 spiro atoms. The van der Waals surface area contributed by atoms with Crippen LogP contribution in [0.1, 0.15) is 21.5 Å². The summed E-state index contributed by atoms with van der Waals surface area (Å²) in [6.45, 7) is 0.582. The third-order valence-electron chi connectivity index (χ3n) is 3.26. The largest absolute Gasteiger partial charge is 0.298 e. The van der Waals surface area contributed by atoms with Gasteiger partial charge in [0.1, 0.15) is 0 Å². The molecule has 1 aromatic carbocycles. The van der Waals surface area contributed by atoms with Gasteiger partial charge in [0, 0.05) is 53.4 Å². The molecule has 0 radical (unpaired) electrons. The number of carbonyl (C=O) groups is 1. The van der Waals surface area contributed by atoms with Crippen LogP contribution in [0.15, 0.2) is 84.4 Å². The summed E-state index contributed by atoms with van der Waals surface area (Å²) in [4.78, 5) is 23.0. The fourth-order valence-electron chi connectivity index (χ4n) is 2.03. The summed E-state index contributed by atoms with van der Waals surface area (Å²) in [7, 11) is 0. The summed E-state index contributed by atoms with van der Waals surface area (Å²) >= 11 is 5.32. The zero-order chi connectivity index (χ0) is 18.5. The summed E-state index contributed by atoms with van der Waals surface area (Å²) < 4.78 is 0. The van der Waals surface area contributed by atoms with Crippen LogP contribution in [0.5, 0.6) is 0 Å². The number of hydrogen-bond acceptors (Lipinski definition) is 5. The molecule has 0 aliphatic rings. The molecule has 0 amide bonds. The first-order chi connectivity index (χ1) is 12.8. The molecule has 3 rings (SSSR count). The number of nitrogens with zero attached hydrogens (tertiary/aromatic N) is 3. The van der Waals surface area contributed by atoms with Gasteiger partial charge in [-0.25, -0.2) is 0 Å². The topological polar surface area (TPSA) is 55.2 Å². The molecule has 0 saturated heterocycles. The molecule has 0 atom stereocenters. The average Bonchev–Trinajstić information content (AvgIpc) is 2.71. The van der Waals surface area contributed by atoms with Crippen LogP contribution < -0.4 is 0 Å². The number of rotatable bonds is 6. The van der Waals surface area contributed by atoms with E-state index in [9.17, 15) is 4.79 Å². The molecule has 0 bridgehead atoms. The first kappa shape index (κ1) is 19.3. The molecular weight excluding hydrogens is 342 g/mol. The minimum absolute atomic E-state index is 0.582. The highest BCUT2D eigenvalue weighted by atomic mass is 32.1. The van der Waals surface area contributed by atoms with Crippen LogP contribution in [0.4, 0.5) is 0 Å². The second kappa shape index (κ2) is 11.5. The van der Waals surface area contributed by atoms with Gasteiger partial charge >= 0.3 is 0 Å². The lowest BCUT2D eigenvalue weighted by Gasteiger charge is -2.00. The summed E-state index contributed by atoms with van der Waals surface area (Å²) in [6, 6.07) is 17.5. The normalized spacial score (nSPS) is 10.0. The van der Waals surface area contributed by atoms with Gasteiger partial charge < -0.3 is 0 Å². The van der Waals surface area contributed by atoms with Crippen molar-refractivity contribution in [2.45, 2.75) is 6.42 Å². The highest BCUT2D eigenvalue weighted by Gasteiger charge is 1.97. The lowest BCUT2D eigenvalue weighted by molar-refractivity contribution is 0.112. The first-order valence-corrected chi connectivity index (χ1v) is 8.49. The number of pyridine rings is 2. The number of aldehydes is 1. The molecule has 0 fully saturated rings. The summed E-state index contributed by atoms with van der Waals surface area (Å²) in [6.07, 6.45) is 10.1. The number of hydrogen-bond donors (Lipinski definition) is 0. The van der Waals surface area contributed by atoms with E-state index in [0.717, 1.165) is 23.1 Å². The van der Waals surface area contributed by atoms with E-state index in [-0.39, 0.29) is 0 Å². The van der Waals surface area contributed by atoms with Gasteiger partial charge in [0.2, 0.25) is 0 Å². The quantitative estimate of drug-likeness (QED) is 0.378. The van der Waals surface area contributed by atoms with E-state index in [1.54, 1.807) is 30.7 Å². The van der Waals surface area contributed by atoms with E-state index in [0.29, 0.717) is 12.1 Å². The van der Waals surface area contributed by atoms with Crippen molar-refractivity contribution in [3.05, 3.63) is 96.1 Å². The second-order valence-corrected chi connectivity index (χ2v) is 5.94. The molecule has 0 unspecified atom stereocenters. The summed E-state index contributed by atoms with van der Waals surface area (Å²) in [5, 5.41) is 0. The van der Waals surface area contributed by atoms with Crippen molar-refractivity contribution < 1.29 is 4.79 Å². The number of carbonyl (C=O) groups excluding carboxylic acids is 1. The molecule has 26 heavy (non-hydrogen) atoms. The zero-order valence-corrected chi connectivity index (χ0v) is 15.0. The van der Waals surface area contributed by atoms with E-state index in [1.807, 2.05) is 36.5 Å². The van der Waals surface area contributed by atoms with E-state index >= 15 is 0 Å². The fourth-order valence-corrected chi connectivity index (χ4v) is 2.27. The molecule has 130 valence electrons. The Kier molecular flexibility index (Phi) is 8.52. The Morgan fingerprint density at radius 3 is 2.12 bits per heavy atom. The second-order valence-electron chi connectivity index (χ2n) is 5.36. The van der Waals surface area contributed by atoms with Crippen LogP contribution in [0.25, 0.3) is 0 Å². The lowest BCUT2D eigenvalue weighted by Crippen LogP contribution is -2.04. The monoisotopic (exact) mass is 361 g/mol. The van der Waals surface area contributed by atoms with Gasteiger partial charge in [-0.1, -0.05) is 48.6 Å². The summed E-state index contributed by atoms with van der Waals surface area (Å²) in [5.41, 5.74) is 2.85. The highest BCUT2D eigenvalue weighted by molar-refractivity contribution is 7.80. The summed E-state index contributed by atoms with van der Waals surface area (Å²) in [5.74, 6) is 0. The maximum atomic E-state index is 9.97. The third-order valence-corrected chi connectivity index (χ3v) is 3.53. The molecule has 2 heterocycles. The number of thiocarbonyl (C=S) groups is 1. The number of aromatic nitrogens is 2. The van der Waals surface area contributed by atoms with Crippen molar-refractivity contribution in [3.8, 4) is 0 Å². The molecule has 4 nitrogen and oxygen atoms in total. The zero-order valence-electron chi connectivity index (χ0n) is 14.2. The van der Waals surface area contributed by atoms with Crippen LogP contribution >= 0.6 is 12.2 Å². The Balaban J connectivity index is 0.000000254. The molecule has 2 aromatic heterocycles. The van der Waals surface area contributed by atoms with E-state index in [4.69, 9.17) is 12.2 Å². The van der Waals surface area contributed by atoms with Crippen LogP contribution in [0.3, 0.4) is 0 Å². The van der Waals surface area contributed by atoms with Gasteiger partial charge in [0.15, 0.2) is 6.29 Å².